The van der Waals surface area contributed by atoms with Gasteiger partial charge in [-0.05, 0) is 74.6 Å². The molecule has 6 unspecified atom stereocenters. The second kappa shape index (κ2) is 12.9. The van der Waals surface area contributed by atoms with Crippen molar-refractivity contribution in [1.29, 1.82) is 5.26 Å². The number of aromatic nitrogens is 3. The molecule has 278 valence electrons. The summed E-state index contributed by atoms with van der Waals surface area (Å²) in [5.41, 5.74) is 4.66. The number of likely N-dealkylation sites (tertiary alicyclic amines) is 1. The van der Waals surface area contributed by atoms with Crippen LogP contribution in [0.2, 0.25) is 10.0 Å². The van der Waals surface area contributed by atoms with E-state index in [0.717, 1.165) is 78.1 Å². The third-order valence-corrected chi connectivity index (χ3v) is 15.0. The molecule has 2 aliphatic carbocycles. The van der Waals surface area contributed by atoms with Gasteiger partial charge in [-0.3, -0.25) is 4.79 Å². The second-order valence-electron chi connectivity index (χ2n) is 16.5. The summed E-state index contributed by atoms with van der Waals surface area (Å²) in [4.78, 5) is 30.3. The summed E-state index contributed by atoms with van der Waals surface area (Å²) in [6.07, 6.45) is 6.53. The number of carbonyl (C=O) groups excluding carboxylic acids is 1. The summed E-state index contributed by atoms with van der Waals surface area (Å²) < 4.78 is 19.8. The third-order valence-electron chi connectivity index (χ3n) is 12.9. The maximum absolute atomic E-state index is 17.3. The molecule has 6 atom stereocenters. The summed E-state index contributed by atoms with van der Waals surface area (Å²) in [6.45, 7) is 8.92. The van der Waals surface area contributed by atoms with E-state index >= 15 is 4.39 Å². The zero-order valence-electron chi connectivity index (χ0n) is 30.6. The smallest absolute Gasteiger partial charge is 0.226 e. The van der Waals surface area contributed by atoms with E-state index in [1.54, 1.807) is 29.5 Å². The SMILES string of the molecule is Cc1nc2c(F)c(-c3cccc(Cl)c3Cl)c(CCC#N)cc2c2c1cc(C1C3CC(CN(c4ncc(C(C)C)s4)C3)N1C(=O)C1CC1)n2C1C2CNC1C2. The first-order valence-corrected chi connectivity index (χ1v) is 20.9. The van der Waals surface area contributed by atoms with E-state index in [0.29, 0.717) is 46.0 Å². The van der Waals surface area contributed by atoms with Crippen molar-refractivity contribution in [2.75, 3.05) is 24.5 Å². The molecule has 6 aliphatic rings. The lowest BCUT2D eigenvalue weighted by Crippen LogP contribution is -2.45. The Kier molecular flexibility index (Phi) is 8.30. The molecular weight excluding hydrogens is 740 g/mol. The molecule has 4 bridgehead atoms. The largest absolute Gasteiger partial charge is 0.346 e. The number of fused-ring (bicyclic) bond motifs is 6. The Morgan fingerprint density at radius 1 is 1.15 bits per heavy atom. The molecule has 8 nitrogen and oxygen atoms in total. The Labute approximate surface area is 328 Å². The Morgan fingerprint density at radius 2 is 1.98 bits per heavy atom. The van der Waals surface area contributed by atoms with Crippen molar-refractivity contribution in [3.05, 3.63) is 74.2 Å². The van der Waals surface area contributed by atoms with Gasteiger partial charge < -0.3 is 19.7 Å². The van der Waals surface area contributed by atoms with Crippen molar-refractivity contribution >= 4 is 67.4 Å². The molecule has 54 heavy (non-hydrogen) atoms. The topological polar surface area (TPSA) is 90.1 Å². The van der Waals surface area contributed by atoms with Crippen molar-refractivity contribution in [3.8, 4) is 17.2 Å². The van der Waals surface area contributed by atoms with Gasteiger partial charge in [-0.2, -0.15) is 5.26 Å². The second-order valence-corrected chi connectivity index (χ2v) is 18.3. The van der Waals surface area contributed by atoms with E-state index < -0.39 is 5.82 Å². The highest BCUT2D eigenvalue weighted by Gasteiger charge is 2.55. The number of nitrogens with one attached hydrogen (secondary N) is 1. The van der Waals surface area contributed by atoms with Gasteiger partial charge in [0, 0.05) is 88.3 Å². The number of rotatable bonds is 8. The predicted molar refractivity (Wildman–Crippen MR) is 213 cm³/mol. The minimum atomic E-state index is -0.458. The summed E-state index contributed by atoms with van der Waals surface area (Å²) in [6, 6.07) is 12.3. The molecular formula is C42H42Cl2FN7OS. The normalized spacial score (nSPS) is 26.0. The van der Waals surface area contributed by atoms with Crippen LogP contribution in [0, 0.1) is 41.8 Å². The number of hydrogen-bond donors (Lipinski definition) is 1. The zero-order valence-corrected chi connectivity index (χ0v) is 32.9. The zero-order chi connectivity index (χ0) is 37.2. The molecule has 12 heteroatoms. The quantitative estimate of drug-likeness (QED) is 0.169. The summed E-state index contributed by atoms with van der Waals surface area (Å²) in [7, 11) is 0. The minimum absolute atomic E-state index is 0.0878. The maximum Gasteiger partial charge on any atom is 0.226 e. The van der Waals surface area contributed by atoms with E-state index in [-0.39, 0.29) is 52.8 Å². The maximum atomic E-state index is 17.3. The molecule has 6 fully saturated rings. The van der Waals surface area contributed by atoms with Crippen molar-refractivity contribution in [2.24, 2.45) is 17.8 Å². The highest BCUT2D eigenvalue weighted by atomic mass is 35.5. The number of anilines is 1. The van der Waals surface area contributed by atoms with Gasteiger partial charge in [-0.1, -0.05) is 49.2 Å². The summed E-state index contributed by atoms with van der Waals surface area (Å²) in [5, 5.41) is 16.8. The predicted octanol–water partition coefficient (Wildman–Crippen LogP) is 9.37. The van der Waals surface area contributed by atoms with E-state index in [1.165, 1.54) is 4.88 Å². The first kappa shape index (κ1) is 34.7. The van der Waals surface area contributed by atoms with Gasteiger partial charge in [0.25, 0.3) is 0 Å². The van der Waals surface area contributed by atoms with Crippen LogP contribution < -0.4 is 10.2 Å². The molecule has 0 spiro atoms. The highest BCUT2D eigenvalue weighted by Crippen LogP contribution is 2.54. The van der Waals surface area contributed by atoms with Crippen molar-refractivity contribution in [2.45, 2.75) is 89.4 Å². The van der Waals surface area contributed by atoms with E-state index in [9.17, 15) is 10.1 Å². The van der Waals surface area contributed by atoms with Crippen molar-refractivity contribution < 1.29 is 9.18 Å². The van der Waals surface area contributed by atoms with Gasteiger partial charge in [0.2, 0.25) is 5.91 Å². The van der Waals surface area contributed by atoms with E-state index in [2.05, 4.69) is 45.7 Å². The number of nitrogens with zero attached hydrogens (tertiary/aromatic N) is 6. The van der Waals surface area contributed by atoms with Crippen LogP contribution in [0.5, 0.6) is 0 Å². The molecule has 7 heterocycles. The van der Waals surface area contributed by atoms with Crippen LogP contribution in [-0.2, 0) is 11.2 Å². The van der Waals surface area contributed by atoms with Crippen LogP contribution in [0.15, 0.2) is 36.5 Å². The van der Waals surface area contributed by atoms with Crippen LogP contribution in [0.4, 0.5) is 9.52 Å². The molecule has 5 aromatic rings. The Hall–Kier alpha value is -3.75. The number of carbonyl (C=O) groups is 1. The number of thiazole rings is 1. The molecule has 1 N–H and O–H groups in total. The molecule has 4 aliphatic heterocycles. The molecule has 2 saturated carbocycles. The fraction of sp³-hybridized carbons (Fsp3) is 0.476. The van der Waals surface area contributed by atoms with Gasteiger partial charge in [0.15, 0.2) is 10.9 Å². The molecule has 1 amide bonds. The molecule has 2 aromatic carbocycles. The van der Waals surface area contributed by atoms with Crippen LogP contribution >= 0.6 is 34.5 Å². The highest BCUT2D eigenvalue weighted by molar-refractivity contribution is 7.15. The lowest BCUT2D eigenvalue weighted by Gasteiger charge is -2.40. The first-order chi connectivity index (χ1) is 26.1. The van der Waals surface area contributed by atoms with Crippen LogP contribution in [0.25, 0.3) is 32.9 Å². The first-order valence-electron chi connectivity index (χ1n) is 19.4. The molecule has 4 saturated heterocycles. The van der Waals surface area contributed by atoms with E-state index in [4.69, 9.17) is 33.2 Å². The van der Waals surface area contributed by atoms with Crippen LogP contribution in [0.1, 0.15) is 85.8 Å². The lowest BCUT2D eigenvalue weighted by atomic mass is 9.79. The minimum Gasteiger partial charge on any atom is -0.346 e. The van der Waals surface area contributed by atoms with Gasteiger partial charge in [0.1, 0.15) is 5.52 Å². The number of piperidine rings is 1. The average Bonchev–Trinajstić information content (AvgIpc) is 3.55. The van der Waals surface area contributed by atoms with Gasteiger partial charge in [-0.25, -0.2) is 14.4 Å². The van der Waals surface area contributed by atoms with Crippen LogP contribution in [0.3, 0.4) is 0 Å². The standard InChI is InChI=1S/C42H42Cl2FN7OS/c1-20(2)33-17-48-42(54-33)50-18-25-12-26(19-50)51(41(53)22-9-10-22)39(25)32-15-28-21(3)49-37-29(40(28)52(32)38-24-14-31(38)47-16-24)13-23(6-5-11-46)34(36(37)45)27-7-4-8-30(43)35(27)44/h4,7-8,13,15,17,20,22,24-26,31,38-39,47H,5-6,9-10,12,14,16,18-19H2,1-3H3. The van der Waals surface area contributed by atoms with Gasteiger partial charge in [-0.15, -0.1) is 11.3 Å². The number of nitriles is 1. The van der Waals surface area contributed by atoms with Crippen LogP contribution in [-0.4, -0.2) is 57.1 Å². The number of amides is 1. The monoisotopic (exact) mass is 781 g/mol. The number of aryl methyl sites for hydroxylation is 2. The van der Waals surface area contributed by atoms with Crippen molar-refractivity contribution in [3.63, 3.8) is 0 Å². The lowest BCUT2D eigenvalue weighted by molar-refractivity contribution is -0.135. The molecule has 0 radical (unpaired) electrons. The Bertz CT molecular complexity index is 2400. The third kappa shape index (κ3) is 5.25. The Balaban J connectivity index is 1.20. The number of benzene rings is 2. The number of hydrogen-bond acceptors (Lipinski definition) is 7. The number of pyridine rings is 1. The van der Waals surface area contributed by atoms with Gasteiger partial charge >= 0.3 is 0 Å². The fourth-order valence-corrected chi connectivity index (χ4v) is 11.5. The van der Waals surface area contributed by atoms with E-state index in [1.807, 2.05) is 19.2 Å². The van der Waals surface area contributed by atoms with Gasteiger partial charge in [0.05, 0.1) is 39.8 Å². The fourth-order valence-electron chi connectivity index (χ4n) is 10.2. The summed E-state index contributed by atoms with van der Waals surface area (Å²) in [5.74, 6) is 0.970. The molecule has 11 rings (SSSR count). The Morgan fingerprint density at radius 3 is 2.69 bits per heavy atom. The average molecular weight is 783 g/mol. The number of halogens is 3. The summed E-state index contributed by atoms with van der Waals surface area (Å²) >= 11 is 15.0. The van der Waals surface area contributed by atoms with Crippen molar-refractivity contribution in [1.82, 2.24) is 24.8 Å². The molecule has 3 aromatic heterocycles.